The fraction of sp³-hybridized carbons (Fsp3) is 0.400. The average molecular weight is 289 g/mol. The number of aromatic nitrogens is 1. The molecule has 1 aromatic rings. The molecule has 0 saturated heterocycles. The topological polar surface area (TPSA) is 82.5 Å². The molecule has 0 spiro atoms. The molecule has 1 rings (SSSR count). The first kappa shape index (κ1) is 13.1. The average Bonchev–Trinajstić information content (AvgIpc) is 2.29. The highest BCUT2D eigenvalue weighted by molar-refractivity contribution is 9.10. The van der Waals surface area contributed by atoms with Crippen LogP contribution in [0.15, 0.2) is 22.8 Å². The summed E-state index contributed by atoms with van der Waals surface area (Å²) in [5, 5.41) is 20.6. The van der Waals surface area contributed by atoms with Crippen LogP contribution in [-0.4, -0.2) is 39.9 Å². The van der Waals surface area contributed by atoms with Gasteiger partial charge in [-0.05, 0) is 35.0 Å². The van der Waals surface area contributed by atoms with Gasteiger partial charge in [-0.3, -0.25) is 4.79 Å². The zero-order valence-corrected chi connectivity index (χ0v) is 10.4. The van der Waals surface area contributed by atoms with Crippen molar-refractivity contribution in [1.82, 2.24) is 10.3 Å². The number of carbonyl (C=O) groups is 1. The molecular formula is C10H13BrN2O3. The molecule has 1 heterocycles. The molecule has 5 nitrogen and oxygen atoms in total. The minimum absolute atomic E-state index is 0.225. The fourth-order valence-corrected chi connectivity index (χ4v) is 1.35. The largest absolute Gasteiger partial charge is 0.394 e. The molecule has 3 N–H and O–H groups in total. The number of nitrogens with one attached hydrogen (secondary N) is 1. The second kappa shape index (κ2) is 5.38. The van der Waals surface area contributed by atoms with E-state index in [4.69, 9.17) is 10.2 Å². The second-order valence-corrected chi connectivity index (χ2v) is 4.49. The lowest BCUT2D eigenvalue weighted by molar-refractivity contribution is 0.0719. The van der Waals surface area contributed by atoms with Crippen LogP contribution in [-0.2, 0) is 0 Å². The summed E-state index contributed by atoms with van der Waals surface area (Å²) in [6, 6.07) is 4.94. The summed E-state index contributed by atoms with van der Waals surface area (Å²) < 4.78 is 0.551. The predicted molar refractivity (Wildman–Crippen MR) is 62.0 cm³/mol. The lowest BCUT2D eigenvalue weighted by atomic mass is 10.1. The van der Waals surface area contributed by atoms with Crippen LogP contribution in [0.5, 0.6) is 0 Å². The predicted octanol–water partition coefficient (Wildman–Crippen LogP) is 0.317. The van der Waals surface area contributed by atoms with Gasteiger partial charge in [0.05, 0.1) is 18.8 Å². The Balaban J connectivity index is 2.80. The number of halogens is 1. The Morgan fingerprint density at radius 3 is 2.62 bits per heavy atom. The maximum atomic E-state index is 11.7. The van der Waals surface area contributed by atoms with E-state index < -0.39 is 11.4 Å². The van der Waals surface area contributed by atoms with Gasteiger partial charge in [-0.1, -0.05) is 6.07 Å². The molecule has 0 radical (unpaired) electrons. The summed E-state index contributed by atoms with van der Waals surface area (Å²) in [4.78, 5) is 15.7. The minimum atomic E-state index is -1.04. The quantitative estimate of drug-likeness (QED) is 0.697. The van der Waals surface area contributed by atoms with Gasteiger partial charge < -0.3 is 15.5 Å². The van der Waals surface area contributed by atoms with E-state index in [1.807, 2.05) is 0 Å². The van der Waals surface area contributed by atoms with Crippen molar-refractivity contribution in [2.45, 2.75) is 12.5 Å². The third-order valence-electron chi connectivity index (χ3n) is 2.06. The summed E-state index contributed by atoms with van der Waals surface area (Å²) in [6.07, 6.45) is 0. The number of rotatable bonds is 4. The first-order valence-corrected chi connectivity index (χ1v) is 5.47. The highest BCUT2D eigenvalue weighted by Gasteiger charge is 2.25. The number of aliphatic hydroxyl groups excluding tert-OH is 2. The molecule has 6 heteroatoms. The van der Waals surface area contributed by atoms with Crippen LogP contribution < -0.4 is 5.32 Å². The highest BCUT2D eigenvalue weighted by atomic mass is 79.9. The Morgan fingerprint density at radius 2 is 2.12 bits per heavy atom. The van der Waals surface area contributed by atoms with Gasteiger partial charge in [0.1, 0.15) is 10.3 Å². The first-order chi connectivity index (χ1) is 7.50. The van der Waals surface area contributed by atoms with Gasteiger partial charge in [0.2, 0.25) is 0 Å². The third-order valence-corrected chi connectivity index (χ3v) is 2.50. The van der Waals surface area contributed by atoms with E-state index in [1.54, 1.807) is 25.1 Å². The number of amides is 1. The number of carbonyl (C=O) groups excluding carboxylic acids is 1. The van der Waals surface area contributed by atoms with Crippen LogP contribution in [0.1, 0.15) is 17.4 Å². The van der Waals surface area contributed by atoms with Crippen molar-refractivity contribution in [3.05, 3.63) is 28.5 Å². The standard InChI is InChI=1S/C10H13BrN2O3/c1-10(5-14,6-15)13-9(16)7-3-2-4-8(11)12-7/h2-4,14-15H,5-6H2,1H3,(H,13,16). The Labute approximate surface area is 102 Å². The summed E-state index contributed by atoms with van der Waals surface area (Å²) in [5.74, 6) is -0.438. The molecule has 0 atom stereocenters. The van der Waals surface area contributed by atoms with Crippen LogP contribution in [0.25, 0.3) is 0 Å². The molecule has 88 valence electrons. The van der Waals surface area contributed by atoms with Crippen molar-refractivity contribution in [3.8, 4) is 0 Å². The Morgan fingerprint density at radius 1 is 1.50 bits per heavy atom. The van der Waals surface area contributed by atoms with Gasteiger partial charge in [0.15, 0.2) is 0 Å². The second-order valence-electron chi connectivity index (χ2n) is 3.68. The Bertz CT molecular complexity index is 380. The van der Waals surface area contributed by atoms with Crippen LogP contribution in [0, 0.1) is 0 Å². The molecule has 0 aliphatic rings. The maximum absolute atomic E-state index is 11.7. The smallest absolute Gasteiger partial charge is 0.270 e. The van der Waals surface area contributed by atoms with E-state index >= 15 is 0 Å². The van der Waals surface area contributed by atoms with Crippen molar-refractivity contribution in [2.24, 2.45) is 0 Å². The molecular weight excluding hydrogens is 276 g/mol. The van der Waals surface area contributed by atoms with E-state index in [-0.39, 0.29) is 18.9 Å². The Kier molecular flexibility index (Phi) is 4.40. The van der Waals surface area contributed by atoms with Crippen molar-refractivity contribution in [1.29, 1.82) is 0 Å². The van der Waals surface area contributed by atoms with Crippen LogP contribution in [0.3, 0.4) is 0 Å². The van der Waals surface area contributed by atoms with Crippen LogP contribution >= 0.6 is 15.9 Å². The van der Waals surface area contributed by atoms with Gasteiger partial charge in [-0.15, -0.1) is 0 Å². The molecule has 0 fully saturated rings. The number of pyridine rings is 1. The summed E-state index contributed by atoms with van der Waals surface area (Å²) in [6.45, 7) is 0.857. The molecule has 0 unspecified atom stereocenters. The molecule has 0 bridgehead atoms. The van der Waals surface area contributed by atoms with Gasteiger partial charge >= 0.3 is 0 Å². The van der Waals surface area contributed by atoms with E-state index in [2.05, 4.69) is 26.2 Å². The molecule has 0 saturated carbocycles. The number of hydrogen-bond acceptors (Lipinski definition) is 4. The summed E-state index contributed by atoms with van der Waals surface area (Å²) in [5.41, 5.74) is -0.816. The molecule has 0 aliphatic carbocycles. The number of hydrogen-bond donors (Lipinski definition) is 3. The molecule has 1 aromatic heterocycles. The lowest BCUT2D eigenvalue weighted by Gasteiger charge is -2.25. The number of aliphatic hydroxyl groups is 2. The van der Waals surface area contributed by atoms with Gasteiger partial charge in [-0.2, -0.15) is 0 Å². The highest BCUT2D eigenvalue weighted by Crippen LogP contribution is 2.08. The van der Waals surface area contributed by atoms with Crippen molar-refractivity contribution in [2.75, 3.05) is 13.2 Å². The maximum Gasteiger partial charge on any atom is 0.270 e. The van der Waals surface area contributed by atoms with E-state index in [1.165, 1.54) is 0 Å². The fourth-order valence-electron chi connectivity index (χ4n) is 1.00. The van der Waals surface area contributed by atoms with E-state index in [0.29, 0.717) is 4.60 Å². The van der Waals surface area contributed by atoms with Crippen LogP contribution in [0.2, 0.25) is 0 Å². The lowest BCUT2D eigenvalue weighted by Crippen LogP contribution is -2.51. The molecule has 0 aliphatic heterocycles. The first-order valence-electron chi connectivity index (χ1n) is 4.67. The van der Waals surface area contributed by atoms with E-state index in [9.17, 15) is 4.79 Å². The van der Waals surface area contributed by atoms with Gasteiger partial charge in [0.25, 0.3) is 5.91 Å². The molecule has 16 heavy (non-hydrogen) atoms. The van der Waals surface area contributed by atoms with Crippen molar-refractivity contribution < 1.29 is 15.0 Å². The van der Waals surface area contributed by atoms with Crippen LogP contribution in [0.4, 0.5) is 0 Å². The molecule has 1 amide bonds. The third kappa shape index (κ3) is 3.26. The monoisotopic (exact) mass is 288 g/mol. The normalized spacial score (nSPS) is 11.2. The Hall–Kier alpha value is -0.980. The minimum Gasteiger partial charge on any atom is -0.394 e. The molecule has 0 aromatic carbocycles. The zero-order valence-electron chi connectivity index (χ0n) is 8.77. The van der Waals surface area contributed by atoms with Gasteiger partial charge in [-0.25, -0.2) is 4.98 Å². The summed E-state index contributed by atoms with van der Waals surface area (Å²) in [7, 11) is 0. The van der Waals surface area contributed by atoms with Crippen molar-refractivity contribution >= 4 is 21.8 Å². The summed E-state index contributed by atoms with van der Waals surface area (Å²) >= 11 is 3.15. The van der Waals surface area contributed by atoms with Crippen molar-refractivity contribution in [3.63, 3.8) is 0 Å². The van der Waals surface area contributed by atoms with Gasteiger partial charge in [0, 0.05) is 0 Å². The number of nitrogens with zero attached hydrogens (tertiary/aromatic N) is 1. The SMILES string of the molecule is CC(CO)(CO)NC(=O)c1cccc(Br)n1. The zero-order chi connectivity index (χ0) is 12.2. The van der Waals surface area contributed by atoms with E-state index in [0.717, 1.165) is 0 Å².